The number of ether oxygens (including phenoxy) is 2. The van der Waals surface area contributed by atoms with Crippen molar-refractivity contribution in [3.8, 4) is 17.6 Å². The summed E-state index contributed by atoms with van der Waals surface area (Å²) < 4.78 is 16.5. The summed E-state index contributed by atoms with van der Waals surface area (Å²) in [6.07, 6.45) is 0.515. The highest BCUT2D eigenvalue weighted by Gasteiger charge is 2.15. The summed E-state index contributed by atoms with van der Waals surface area (Å²) in [6, 6.07) is 8.42. The highest BCUT2D eigenvalue weighted by atomic mass is 79.9. The lowest BCUT2D eigenvalue weighted by molar-refractivity contribution is -0.123. The minimum atomic E-state index is -0.931. The summed E-state index contributed by atoms with van der Waals surface area (Å²) in [5, 5.41) is 21.4. The fourth-order valence-corrected chi connectivity index (χ4v) is 2.57. The molecule has 1 atom stereocenters. The molecule has 0 aliphatic heterocycles. The first-order chi connectivity index (χ1) is 12.0. The first-order valence-electron chi connectivity index (χ1n) is 7.52. The number of halogens is 1. The minimum Gasteiger partial charge on any atom is -0.490 e. The lowest BCUT2D eigenvalue weighted by atomic mass is 10.2. The van der Waals surface area contributed by atoms with Crippen LogP contribution in [0.3, 0.4) is 0 Å². The number of amides is 1. The van der Waals surface area contributed by atoms with Crippen LogP contribution in [-0.2, 0) is 4.79 Å². The van der Waals surface area contributed by atoms with Crippen molar-refractivity contribution in [2.75, 3.05) is 19.8 Å². The summed E-state index contributed by atoms with van der Waals surface area (Å²) in [4.78, 5) is 11.9. The van der Waals surface area contributed by atoms with Crippen LogP contribution in [-0.4, -0.2) is 30.8 Å². The molecule has 132 valence electrons. The van der Waals surface area contributed by atoms with Crippen LogP contribution in [0.4, 0.5) is 0 Å². The Morgan fingerprint density at radius 1 is 1.48 bits per heavy atom. The van der Waals surface area contributed by atoms with E-state index in [0.717, 1.165) is 0 Å². The number of aliphatic hydroxyl groups is 1. The number of carbonyl (C=O) groups is 1. The number of nitrogens with zero attached hydrogens (tertiary/aromatic N) is 1. The smallest absolute Gasteiger partial charge is 0.258 e. The van der Waals surface area contributed by atoms with Crippen LogP contribution in [0.2, 0.25) is 0 Å². The van der Waals surface area contributed by atoms with Crippen molar-refractivity contribution in [2.24, 2.45) is 0 Å². The number of hydrogen-bond acceptors (Lipinski definition) is 6. The number of nitriles is 1. The summed E-state index contributed by atoms with van der Waals surface area (Å²) in [7, 11) is 0. The van der Waals surface area contributed by atoms with E-state index in [9.17, 15) is 9.90 Å². The first-order valence-corrected chi connectivity index (χ1v) is 8.31. The van der Waals surface area contributed by atoms with Crippen LogP contribution in [0.5, 0.6) is 11.5 Å². The van der Waals surface area contributed by atoms with E-state index in [0.29, 0.717) is 33.9 Å². The third-order valence-electron chi connectivity index (χ3n) is 3.15. The number of hydrogen-bond donors (Lipinski definition) is 2. The topological polar surface area (TPSA) is 105 Å². The fraction of sp³-hybridized carbons (Fsp3) is 0.294. The number of aliphatic hydroxyl groups excluding tert-OH is 1. The zero-order valence-electron chi connectivity index (χ0n) is 13.5. The molecular formula is C17H17BrN2O5. The van der Waals surface area contributed by atoms with E-state index >= 15 is 0 Å². The van der Waals surface area contributed by atoms with Crippen LogP contribution in [0, 0.1) is 11.3 Å². The molecule has 1 aromatic heterocycles. The van der Waals surface area contributed by atoms with Gasteiger partial charge in [0.05, 0.1) is 35.5 Å². The predicted molar refractivity (Wildman–Crippen MR) is 92.2 cm³/mol. The maximum atomic E-state index is 11.9. The van der Waals surface area contributed by atoms with Crippen LogP contribution in [0.15, 0.2) is 39.4 Å². The highest BCUT2D eigenvalue weighted by molar-refractivity contribution is 9.10. The molecule has 0 fully saturated rings. The van der Waals surface area contributed by atoms with E-state index in [4.69, 9.17) is 19.2 Å². The molecule has 25 heavy (non-hydrogen) atoms. The monoisotopic (exact) mass is 408 g/mol. The second-order valence-electron chi connectivity index (χ2n) is 4.95. The van der Waals surface area contributed by atoms with Gasteiger partial charge < -0.3 is 24.3 Å². The SMILES string of the molecule is CCOc1cc(C#N)cc(Br)c1OCC(=O)NCC(O)c1ccco1. The molecule has 0 spiro atoms. The van der Waals surface area contributed by atoms with E-state index in [-0.39, 0.29) is 13.2 Å². The van der Waals surface area contributed by atoms with Gasteiger partial charge in [0.25, 0.3) is 5.91 Å². The molecule has 1 aromatic carbocycles. The summed E-state index contributed by atoms with van der Waals surface area (Å²) >= 11 is 3.31. The molecule has 0 saturated heterocycles. The third-order valence-corrected chi connectivity index (χ3v) is 3.74. The van der Waals surface area contributed by atoms with Gasteiger partial charge in [-0.15, -0.1) is 0 Å². The molecular weight excluding hydrogens is 392 g/mol. The second kappa shape index (κ2) is 9.11. The Bertz CT molecular complexity index is 755. The Morgan fingerprint density at radius 2 is 2.28 bits per heavy atom. The van der Waals surface area contributed by atoms with Crippen molar-refractivity contribution in [1.29, 1.82) is 5.26 Å². The molecule has 0 aliphatic carbocycles. The van der Waals surface area contributed by atoms with Gasteiger partial charge in [-0.1, -0.05) is 0 Å². The van der Waals surface area contributed by atoms with Crippen LogP contribution in [0.1, 0.15) is 24.4 Å². The second-order valence-corrected chi connectivity index (χ2v) is 5.81. The molecule has 7 nitrogen and oxygen atoms in total. The summed E-state index contributed by atoms with van der Waals surface area (Å²) in [5.41, 5.74) is 0.411. The highest BCUT2D eigenvalue weighted by Crippen LogP contribution is 2.36. The van der Waals surface area contributed by atoms with Gasteiger partial charge in [-0.25, -0.2) is 0 Å². The van der Waals surface area contributed by atoms with Crippen LogP contribution in [0.25, 0.3) is 0 Å². The number of carbonyl (C=O) groups excluding carboxylic acids is 1. The number of benzene rings is 1. The zero-order chi connectivity index (χ0) is 18.2. The normalized spacial score (nSPS) is 11.4. The zero-order valence-corrected chi connectivity index (χ0v) is 15.1. The lowest BCUT2D eigenvalue weighted by Gasteiger charge is -2.14. The summed E-state index contributed by atoms with van der Waals surface area (Å²) in [5.74, 6) is 0.665. The van der Waals surface area contributed by atoms with Gasteiger partial charge >= 0.3 is 0 Å². The van der Waals surface area contributed by atoms with Crippen LogP contribution < -0.4 is 14.8 Å². The number of furan rings is 1. The molecule has 8 heteroatoms. The molecule has 0 radical (unpaired) electrons. The van der Waals surface area contributed by atoms with Gasteiger partial charge in [0.1, 0.15) is 11.9 Å². The first kappa shape index (κ1) is 18.8. The molecule has 0 saturated carbocycles. The maximum absolute atomic E-state index is 11.9. The van der Waals surface area contributed by atoms with Crippen molar-refractivity contribution in [3.05, 3.63) is 46.3 Å². The molecule has 2 aromatic rings. The van der Waals surface area contributed by atoms with E-state index < -0.39 is 12.0 Å². The average Bonchev–Trinajstić information content (AvgIpc) is 3.13. The molecule has 2 rings (SSSR count). The average molecular weight is 409 g/mol. The fourth-order valence-electron chi connectivity index (χ4n) is 2.02. The predicted octanol–water partition coefficient (Wildman–Crippen LogP) is 2.54. The van der Waals surface area contributed by atoms with Crippen molar-refractivity contribution < 1.29 is 23.8 Å². The molecule has 0 bridgehead atoms. The quantitative estimate of drug-likeness (QED) is 0.695. The summed E-state index contributed by atoms with van der Waals surface area (Å²) in [6.45, 7) is 1.93. The molecule has 1 amide bonds. The van der Waals surface area contributed by atoms with E-state index in [1.165, 1.54) is 6.26 Å². The Labute approximate surface area is 153 Å². The largest absolute Gasteiger partial charge is 0.490 e. The van der Waals surface area contributed by atoms with E-state index in [1.807, 2.05) is 6.07 Å². The van der Waals surface area contributed by atoms with Gasteiger partial charge in [-0.3, -0.25) is 4.79 Å². The maximum Gasteiger partial charge on any atom is 0.258 e. The third kappa shape index (κ3) is 5.24. The van der Waals surface area contributed by atoms with Crippen molar-refractivity contribution in [1.82, 2.24) is 5.32 Å². The minimum absolute atomic E-state index is 0.00254. The molecule has 2 N–H and O–H groups in total. The lowest BCUT2D eigenvalue weighted by Crippen LogP contribution is -2.32. The van der Waals surface area contributed by atoms with Gasteiger partial charge in [-0.05, 0) is 41.1 Å². The molecule has 1 unspecified atom stereocenters. The standard InChI is InChI=1S/C17H17BrN2O5/c1-2-23-15-7-11(8-19)6-12(18)17(15)25-10-16(22)20-9-13(21)14-4-3-5-24-14/h3-7,13,21H,2,9-10H2,1H3,(H,20,22). The Hall–Kier alpha value is -2.50. The van der Waals surface area contributed by atoms with Gasteiger partial charge in [0.15, 0.2) is 18.1 Å². The van der Waals surface area contributed by atoms with Crippen molar-refractivity contribution >= 4 is 21.8 Å². The number of nitrogens with one attached hydrogen (secondary N) is 1. The Morgan fingerprint density at radius 3 is 2.92 bits per heavy atom. The van der Waals surface area contributed by atoms with Gasteiger partial charge in [-0.2, -0.15) is 5.26 Å². The van der Waals surface area contributed by atoms with Gasteiger partial charge in [0, 0.05) is 6.07 Å². The van der Waals surface area contributed by atoms with Crippen molar-refractivity contribution in [3.63, 3.8) is 0 Å². The molecule has 1 heterocycles. The molecule has 0 aliphatic rings. The van der Waals surface area contributed by atoms with E-state index in [1.54, 1.807) is 31.2 Å². The van der Waals surface area contributed by atoms with Gasteiger partial charge in [0.2, 0.25) is 0 Å². The van der Waals surface area contributed by atoms with E-state index in [2.05, 4.69) is 21.2 Å². The Balaban J connectivity index is 1.94. The Kier molecular flexibility index (Phi) is 6.86. The van der Waals surface area contributed by atoms with Crippen LogP contribution >= 0.6 is 15.9 Å². The number of rotatable bonds is 8. The van der Waals surface area contributed by atoms with Crippen molar-refractivity contribution in [2.45, 2.75) is 13.0 Å².